The zero-order valence-corrected chi connectivity index (χ0v) is 9.20. The molecule has 1 aliphatic heterocycles. The van der Waals surface area contributed by atoms with Gasteiger partial charge in [-0.25, -0.2) is 0 Å². The normalized spacial score (nSPS) is 20.9. The molecule has 1 heterocycles. The number of piperidine rings is 1. The molecule has 82 valence electrons. The Kier molecular flexibility index (Phi) is 4.39. The highest BCUT2D eigenvalue weighted by Gasteiger charge is 2.25. The van der Waals surface area contributed by atoms with Gasteiger partial charge in [-0.15, -0.1) is 0 Å². The average Bonchev–Trinajstić information content (AvgIpc) is 2.27. The number of nitrogens with zero attached hydrogens (tertiary/aromatic N) is 1. The van der Waals surface area contributed by atoms with E-state index in [-0.39, 0.29) is 12.0 Å². The summed E-state index contributed by atoms with van der Waals surface area (Å²) in [7, 11) is 0. The largest absolute Gasteiger partial charge is 0.393 e. The number of carbonyl (C=O) groups excluding carboxylic acids is 1. The van der Waals surface area contributed by atoms with Gasteiger partial charge in [0, 0.05) is 19.5 Å². The number of aliphatic hydroxyl groups excluding tert-OH is 1. The van der Waals surface area contributed by atoms with E-state index in [0.717, 1.165) is 32.4 Å². The molecule has 0 aromatic heterocycles. The summed E-state index contributed by atoms with van der Waals surface area (Å²) in [6.45, 7) is 5.56. The lowest BCUT2D eigenvalue weighted by molar-refractivity contribution is -0.132. The molecule has 1 fully saturated rings. The van der Waals surface area contributed by atoms with Crippen LogP contribution < -0.4 is 0 Å². The number of hydrogen-bond donors (Lipinski definition) is 1. The predicted molar refractivity (Wildman–Crippen MR) is 55.9 cm³/mol. The summed E-state index contributed by atoms with van der Waals surface area (Å²) in [5.74, 6) is 0.648. The lowest BCUT2D eigenvalue weighted by Crippen LogP contribution is -2.40. The molecule has 1 unspecified atom stereocenters. The van der Waals surface area contributed by atoms with Crippen molar-refractivity contribution in [2.75, 3.05) is 13.1 Å². The Morgan fingerprint density at radius 3 is 2.43 bits per heavy atom. The van der Waals surface area contributed by atoms with Crippen LogP contribution in [-0.2, 0) is 4.79 Å². The van der Waals surface area contributed by atoms with Gasteiger partial charge in [-0.2, -0.15) is 0 Å². The van der Waals surface area contributed by atoms with Crippen LogP contribution in [0, 0.1) is 5.92 Å². The molecule has 0 bridgehead atoms. The van der Waals surface area contributed by atoms with Crippen molar-refractivity contribution in [3.63, 3.8) is 0 Å². The van der Waals surface area contributed by atoms with Crippen molar-refractivity contribution < 1.29 is 9.90 Å². The molecule has 0 spiro atoms. The van der Waals surface area contributed by atoms with Gasteiger partial charge >= 0.3 is 0 Å². The summed E-state index contributed by atoms with van der Waals surface area (Å²) in [5, 5.41) is 9.66. The molecule has 14 heavy (non-hydrogen) atoms. The van der Waals surface area contributed by atoms with Crippen molar-refractivity contribution in [1.29, 1.82) is 0 Å². The zero-order chi connectivity index (χ0) is 10.6. The number of aliphatic hydroxyl groups is 1. The van der Waals surface area contributed by atoms with Gasteiger partial charge in [0.2, 0.25) is 5.91 Å². The van der Waals surface area contributed by atoms with Gasteiger partial charge in [0.1, 0.15) is 0 Å². The third-order valence-corrected chi connectivity index (χ3v) is 3.16. The van der Waals surface area contributed by atoms with Crippen molar-refractivity contribution in [3.05, 3.63) is 0 Å². The van der Waals surface area contributed by atoms with Gasteiger partial charge < -0.3 is 10.0 Å². The molecule has 0 aromatic carbocycles. The van der Waals surface area contributed by atoms with E-state index < -0.39 is 0 Å². The Hall–Kier alpha value is -0.570. The second kappa shape index (κ2) is 5.35. The van der Waals surface area contributed by atoms with Crippen LogP contribution in [-0.4, -0.2) is 35.1 Å². The molecular weight excluding hydrogens is 178 g/mol. The highest BCUT2D eigenvalue weighted by molar-refractivity contribution is 5.75. The van der Waals surface area contributed by atoms with E-state index in [2.05, 4.69) is 0 Å². The highest BCUT2D eigenvalue weighted by atomic mass is 16.3. The molecule has 0 radical (unpaired) electrons. The van der Waals surface area contributed by atoms with Crippen LogP contribution in [0.4, 0.5) is 0 Å². The highest BCUT2D eigenvalue weighted by Crippen LogP contribution is 2.22. The number of hydrogen-bond acceptors (Lipinski definition) is 2. The third kappa shape index (κ3) is 2.71. The summed E-state index contributed by atoms with van der Waals surface area (Å²) in [5.41, 5.74) is 0. The van der Waals surface area contributed by atoms with E-state index in [0.29, 0.717) is 12.3 Å². The van der Waals surface area contributed by atoms with E-state index in [4.69, 9.17) is 0 Å². The Balaban J connectivity index is 2.34. The van der Waals surface area contributed by atoms with Crippen molar-refractivity contribution >= 4 is 5.91 Å². The van der Waals surface area contributed by atoms with E-state index in [1.165, 1.54) is 0 Å². The minimum Gasteiger partial charge on any atom is -0.393 e. The lowest BCUT2D eigenvalue weighted by atomic mass is 9.90. The first-order chi connectivity index (χ1) is 6.69. The average molecular weight is 199 g/mol. The fraction of sp³-hybridized carbons (Fsp3) is 0.909. The van der Waals surface area contributed by atoms with Crippen LogP contribution in [0.2, 0.25) is 0 Å². The fourth-order valence-electron chi connectivity index (χ4n) is 2.09. The van der Waals surface area contributed by atoms with Crippen LogP contribution >= 0.6 is 0 Å². The minimum atomic E-state index is -0.172. The Morgan fingerprint density at radius 1 is 1.43 bits per heavy atom. The van der Waals surface area contributed by atoms with Crippen molar-refractivity contribution in [3.8, 4) is 0 Å². The molecule has 1 aliphatic rings. The summed E-state index contributed by atoms with van der Waals surface area (Å²) >= 11 is 0. The Labute approximate surface area is 86.1 Å². The monoisotopic (exact) mass is 199 g/mol. The molecule has 3 nitrogen and oxygen atoms in total. The van der Waals surface area contributed by atoms with Crippen LogP contribution in [0.15, 0.2) is 0 Å². The van der Waals surface area contributed by atoms with Crippen molar-refractivity contribution in [1.82, 2.24) is 4.90 Å². The first-order valence-corrected chi connectivity index (χ1v) is 5.64. The third-order valence-electron chi connectivity index (χ3n) is 3.16. The van der Waals surface area contributed by atoms with Crippen molar-refractivity contribution in [2.45, 2.75) is 45.6 Å². The van der Waals surface area contributed by atoms with E-state index in [1.54, 1.807) is 0 Å². The van der Waals surface area contributed by atoms with Crippen LogP contribution in [0.5, 0.6) is 0 Å². The maximum atomic E-state index is 11.4. The topological polar surface area (TPSA) is 40.5 Å². The van der Waals surface area contributed by atoms with Crippen molar-refractivity contribution in [2.24, 2.45) is 5.92 Å². The molecule has 1 N–H and O–H groups in total. The predicted octanol–water partition coefficient (Wildman–Crippen LogP) is 1.41. The molecule has 3 heteroatoms. The summed E-state index contributed by atoms with van der Waals surface area (Å²) in [6, 6.07) is 0. The Morgan fingerprint density at radius 2 is 2.00 bits per heavy atom. The number of rotatable bonds is 3. The van der Waals surface area contributed by atoms with Crippen LogP contribution in [0.3, 0.4) is 0 Å². The van der Waals surface area contributed by atoms with Crippen LogP contribution in [0.1, 0.15) is 39.5 Å². The van der Waals surface area contributed by atoms with Crippen LogP contribution in [0.25, 0.3) is 0 Å². The van der Waals surface area contributed by atoms with E-state index >= 15 is 0 Å². The van der Waals surface area contributed by atoms with Gasteiger partial charge in [-0.3, -0.25) is 4.79 Å². The molecule has 1 saturated heterocycles. The molecular formula is C11H21NO2. The maximum Gasteiger partial charge on any atom is 0.222 e. The van der Waals surface area contributed by atoms with Gasteiger partial charge in [0.15, 0.2) is 0 Å². The zero-order valence-electron chi connectivity index (χ0n) is 9.20. The smallest absolute Gasteiger partial charge is 0.222 e. The molecule has 0 saturated carbocycles. The number of carbonyl (C=O) groups is 1. The van der Waals surface area contributed by atoms with Gasteiger partial charge in [0.05, 0.1) is 6.10 Å². The number of amides is 1. The second-order valence-electron chi connectivity index (χ2n) is 4.05. The van der Waals surface area contributed by atoms with E-state index in [9.17, 15) is 9.90 Å². The first-order valence-electron chi connectivity index (χ1n) is 5.64. The molecule has 0 aromatic rings. The first kappa shape index (κ1) is 11.5. The molecule has 1 amide bonds. The quantitative estimate of drug-likeness (QED) is 0.746. The second-order valence-corrected chi connectivity index (χ2v) is 4.05. The fourth-order valence-corrected chi connectivity index (χ4v) is 2.09. The summed E-state index contributed by atoms with van der Waals surface area (Å²) in [4.78, 5) is 13.3. The van der Waals surface area contributed by atoms with Gasteiger partial charge in [-0.05, 0) is 25.2 Å². The SMILES string of the molecule is CCC(=O)N1CCC(C(O)CC)CC1. The standard InChI is InChI=1S/C11H21NO2/c1-3-10(13)9-5-7-12(8-6-9)11(14)4-2/h9-10,13H,3-8H2,1-2H3. The minimum absolute atomic E-state index is 0.172. The lowest BCUT2D eigenvalue weighted by Gasteiger charge is -2.33. The summed E-state index contributed by atoms with van der Waals surface area (Å²) in [6.07, 6.45) is 3.17. The van der Waals surface area contributed by atoms with Gasteiger partial charge in [0.25, 0.3) is 0 Å². The Bertz CT molecular complexity index is 186. The maximum absolute atomic E-state index is 11.4. The molecule has 1 rings (SSSR count). The molecule has 0 aliphatic carbocycles. The van der Waals surface area contributed by atoms with Gasteiger partial charge in [-0.1, -0.05) is 13.8 Å². The summed E-state index contributed by atoms with van der Waals surface area (Å²) < 4.78 is 0. The molecule has 1 atom stereocenters. The van der Waals surface area contributed by atoms with E-state index in [1.807, 2.05) is 18.7 Å². The number of likely N-dealkylation sites (tertiary alicyclic amines) is 1.